The van der Waals surface area contributed by atoms with Gasteiger partial charge in [0.05, 0.1) is 5.69 Å². The first-order chi connectivity index (χ1) is 22.6. The molecule has 0 aliphatic heterocycles. The first-order valence-corrected chi connectivity index (χ1v) is 17.0. The quantitative estimate of drug-likeness (QED) is 0.119. The summed E-state index contributed by atoms with van der Waals surface area (Å²) in [5.74, 6) is 3.71. The Bertz CT molecular complexity index is 2150. The molecule has 0 amide bonds. The van der Waals surface area contributed by atoms with Gasteiger partial charge in [-0.3, -0.25) is 4.68 Å². The molecule has 3 heterocycles. The van der Waals surface area contributed by atoms with E-state index in [1.54, 1.807) is 0 Å². The summed E-state index contributed by atoms with van der Waals surface area (Å²) >= 11 is 0. The van der Waals surface area contributed by atoms with Crippen molar-refractivity contribution in [3.63, 3.8) is 0 Å². The second-order valence-electron chi connectivity index (χ2n) is 14.0. The molecule has 0 saturated carbocycles. The third-order valence-corrected chi connectivity index (χ3v) is 9.80. The second-order valence-corrected chi connectivity index (χ2v) is 14.0. The van der Waals surface area contributed by atoms with Crippen molar-refractivity contribution in [3.8, 4) is 23.0 Å². The van der Waals surface area contributed by atoms with Crippen LogP contribution in [0.5, 0.6) is 11.5 Å². The largest absolute Gasteiger partial charge is 2.00 e. The topological polar surface area (TPSA) is 44.9 Å². The maximum absolute atomic E-state index is 6.64. The monoisotopic (exact) mass is 815 g/mol. The molecule has 0 bridgehead atoms. The van der Waals surface area contributed by atoms with Gasteiger partial charge in [0.2, 0.25) is 0 Å². The number of pyridine rings is 1. The van der Waals surface area contributed by atoms with Crippen LogP contribution in [0, 0.1) is 31.9 Å². The Morgan fingerprint density at radius 2 is 1.67 bits per heavy atom. The van der Waals surface area contributed by atoms with E-state index in [1.165, 1.54) is 28.8 Å². The molecule has 5 nitrogen and oxygen atoms in total. The van der Waals surface area contributed by atoms with Crippen molar-refractivity contribution in [2.24, 2.45) is 5.92 Å². The fourth-order valence-corrected chi connectivity index (χ4v) is 7.49. The summed E-state index contributed by atoms with van der Waals surface area (Å²) in [5, 5.41) is 7.47. The van der Waals surface area contributed by atoms with Crippen molar-refractivity contribution in [2.75, 3.05) is 0 Å². The van der Waals surface area contributed by atoms with E-state index in [-0.39, 0.29) is 21.1 Å². The number of ether oxygens (including phenoxy) is 1. The Kier molecular flexibility index (Phi) is 9.55. The minimum atomic E-state index is 0. The van der Waals surface area contributed by atoms with Crippen molar-refractivity contribution in [1.29, 1.82) is 0 Å². The van der Waals surface area contributed by atoms with Crippen molar-refractivity contribution in [3.05, 3.63) is 119 Å². The fraction of sp³-hybridized carbons (Fsp3) is 0.333. The number of allylic oxidation sites excluding steroid dienone is 2. The average Bonchev–Trinajstić information content (AvgIpc) is 3.55. The van der Waals surface area contributed by atoms with E-state index in [4.69, 9.17) is 14.8 Å². The van der Waals surface area contributed by atoms with Crippen LogP contribution in [0.3, 0.4) is 0 Å². The zero-order valence-electron chi connectivity index (χ0n) is 29.2. The molecule has 0 fully saturated rings. The number of hydrogen-bond acceptors (Lipinski definition) is 3. The van der Waals surface area contributed by atoms with Gasteiger partial charge >= 0.3 is 21.1 Å². The number of benzene rings is 3. The normalized spacial score (nSPS) is 16.5. The smallest absolute Gasteiger partial charge is 0.509 e. The number of hydrogen-bond donors (Lipinski definition) is 0. The molecule has 0 spiro atoms. The zero-order valence-corrected chi connectivity index (χ0v) is 31.4. The van der Waals surface area contributed by atoms with Gasteiger partial charge in [-0.05, 0) is 86.2 Å². The van der Waals surface area contributed by atoms with Gasteiger partial charge in [-0.2, -0.15) is 11.2 Å². The van der Waals surface area contributed by atoms with Crippen LogP contribution in [-0.2, 0) is 21.1 Å². The first kappa shape index (κ1) is 33.9. The maximum Gasteiger partial charge on any atom is 2.00 e. The van der Waals surface area contributed by atoms with Gasteiger partial charge in [0, 0.05) is 40.4 Å². The fourth-order valence-electron chi connectivity index (χ4n) is 7.49. The Morgan fingerprint density at radius 1 is 0.875 bits per heavy atom. The summed E-state index contributed by atoms with van der Waals surface area (Å²) < 4.78 is 11.0. The van der Waals surface area contributed by atoms with Crippen LogP contribution in [-0.4, -0.2) is 19.3 Å². The zero-order chi connectivity index (χ0) is 33.0. The molecule has 7 rings (SSSR count). The molecule has 1 aliphatic rings. The van der Waals surface area contributed by atoms with Crippen LogP contribution in [0.1, 0.15) is 100 Å². The van der Waals surface area contributed by atoms with Crippen molar-refractivity contribution < 1.29 is 25.8 Å². The number of rotatable bonds is 7. The number of aryl methyl sites for hydroxylation is 2. The van der Waals surface area contributed by atoms with E-state index in [1.807, 2.05) is 18.3 Å². The van der Waals surface area contributed by atoms with E-state index >= 15 is 0 Å². The molecule has 1 aliphatic carbocycles. The summed E-state index contributed by atoms with van der Waals surface area (Å²) in [6.07, 6.45) is 6.64. The van der Waals surface area contributed by atoms with Crippen LogP contribution in [0.4, 0.5) is 0 Å². The van der Waals surface area contributed by atoms with Crippen LogP contribution in [0.2, 0.25) is 0 Å². The molecular formula is C42H44N4OPt. The molecule has 3 aromatic carbocycles. The summed E-state index contributed by atoms with van der Waals surface area (Å²) in [7, 11) is 0. The molecule has 0 N–H and O–H groups in total. The van der Waals surface area contributed by atoms with Gasteiger partial charge in [0.1, 0.15) is 5.82 Å². The Hall–Kier alpha value is -3.95. The first-order valence-electron chi connectivity index (χ1n) is 17.0. The van der Waals surface area contributed by atoms with Gasteiger partial charge in [-0.1, -0.05) is 70.0 Å². The van der Waals surface area contributed by atoms with E-state index in [0.29, 0.717) is 35.2 Å². The predicted molar refractivity (Wildman–Crippen MR) is 192 cm³/mol. The molecular weight excluding hydrogens is 772 g/mol. The molecule has 248 valence electrons. The van der Waals surface area contributed by atoms with E-state index in [2.05, 4.69) is 131 Å². The van der Waals surface area contributed by atoms with Crippen LogP contribution in [0.15, 0.2) is 78.5 Å². The van der Waals surface area contributed by atoms with Crippen LogP contribution in [0.25, 0.3) is 33.3 Å². The van der Waals surface area contributed by atoms with Gasteiger partial charge < -0.3 is 9.30 Å². The maximum atomic E-state index is 6.64. The second kappa shape index (κ2) is 13.5. The number of aromatic nitrogens is 4. The summed E-state index contributed by atoms with van der Waals surface area (Å²) in [4.78, 5) is 4.73. The Balaban J connectivity index is 0.00000401. The Morgan fingerprint density at radius 3 is 2.40 bits per heavy atom. The van der Waals surface area contributed by atoms with Crippen LogP contribution >= 0.6 is 0 Å². The predicted octanol–water partition coefficient (Wildman–Crippen LogP) is 11.1. The van der Waals surface area contributed by atoms with Gasteiger partial charge in [-0.25, -0.2) is 4.98 Å². The van der Waals surface area contributed by atoms with E-state index in [9.17, 15) is 0 Å². The molecule has 3 aromatic heterocycles. The van der Waals surface area contributed by atoms with Gasteiger partial charge in [0.25, 0.3) is 0 Å². The van der Waals surface area contributed by atoms with E-state index in [0.717, 1.165) is 51.0 Å². The molecule has 6 aromatic rings. The molecule has 6 heteroatoms. The standard InChI is InChI=1S/C42H44N4O.Pt/c1-25(2)31-21-32(46-42(26(3)4)41(30(8)44-46)40-28(6)12-11-13-29(40)7)23-34(22-31)47-33-16-17-36-35-14-9-10-15-37(35)45(38(36)24-33)39-20-27(5)18-19-43-39;/h9-10,12,14-22,25-26,29,40H,11,13H2,1-8H3;/q-2;+2/t29-,40?;/m0./s1. The molecule has 0 saturated heterocycles. The number of para-hydroxylation sites is 1. The third kappa shape index (κ3) is 6.07. The van der Waals surface area contributed by atoms with Crippen molar-refractivity contribution >= 4 is 21.8 Å². The third-order valence-electron chi connectivity index (χ3n) is 9.80. The van der Waals surface area contributed by atoms with E-state index < -0.39 is 0 Å². The minimum absolute atomic E-state index is 0. The number of fused-ring (bicyclic) bond motifs is 3. The summed E-state index contributed by atoms with van der Waals surface area (Å²) in [6.45, 7) is 17.9. The van der Waals surface area contributed by atoms with Crippen molar-refractivity contribution in [1.82, 2.24) is 19.3 Å². The SMILES string of the molecule is CC1=CCC[C@H](C)C1c1c(C)nn(-c2[c-]c(Oc3[c-]c4c(cc3)c3ccccc3n4-c3cc(C)ccn3)cc(C(C)C)c2)c1C(C)C.[Pt+2]. The van der Waals surface area contributed by atoms with Gasteiger partial charge in [0.15, 0.2) is 0 Å². The minimum Gasteiger partial charge on any atom is -0.509 e. The number of nitrogens with zero attached hydrogens (tertiary/aromatic N) is 4. The molecule has 1 unspecified atom stereocenters. The average molecular weight is 816 g/mol. The van der Waals surface area contributed by atoms with Gasteiger partial charge in [-0.15, -0.1) is 41.3 Å². The Labute approximate surface area is 299 Å². The molecule has 48 heavy (non-hydrogen) atoms. The van der Waals surface area contributed by atoms with Crippen molar-refractivity contribution in [2.45, 2.75) is 86.0 Å². The molecule has 2 atom stereocenters. The van der Waals surface area contributed by atoms with Crippen LogP contribution < -0.4 is 4.74 Å². The molecule has 0 radical (unpaired) electrons. The summed E-state index contributed by atoms with van der Waals surface area (Å²) in [5.41, 5.74) is 10.5. The summed E-state index contributed by atoms with van der Waals surface area (Å²) in [6, 6.07) is 28.3.